The van der Waals surface area contributed by atoms with E-state index in [0.29, 0.717) is 0 Å². The van der Waals surface area contributed by atoms with Gasteiger partial charge < -0.3 is 5.11 Å². The van der Waals surface area contributed by atoms with Gasteiger partial charge >= 0.3 is 53.9 Å². The number of hydrogen-bond donors (Lipinski definition) is 2. The Morgan fingerprint density at radius 2 is 0.806 bits per heavy atom. The van der Waals surface area contributed by atoms with Crippen LogP contribution >= 0.6 is 0 Å². The first-order chi connectivity index (χ1) is 15.3. The maximum Gasteiger partial charge on any atom is 0.460 e. The van der Waals surface area contributed by atoms with Crippen LogP contribution in [-0.2, 0) is 15.7 Å². The quantitative estimate of drug-likeness (QED) is 0.292. The van der Waals surface area contributed by atoms with E-state index in [1.54, 1.807) is 6.92 Å². The molecule has 1 N–H and O–H groups in total. The van der Waals surface area contributed by atoms with Crippen molar-refractivity contribution in [2.45, 2.75) is 54.8 Å². The molecule has 0 heterocycles. The van der Waals surface area contributed by atoms with Crippen LogP contribution in [0.15, 0.2) is 0 Å². The van der Waals surface area contributed by atoms with Crippen molar-refractivity contribution < 1.29 is 97.3 Å². The highest BCUT2D eigenvalue weighted by Gasteiger charge is 2.95. The van der Waals surface area contributed by atoms with E-state index >= 15 is 0 Å². The van der Waals surface area contributed by atoms with Gasteiger partial charge in [-0.2, -0.15) is 83.3 Å². The van der Waals surface area contributed by atoms with E-state index in [-0.39, 0.29) is 6.54 Å². The van der Waals surface area contributed by atoms with Gasteiger partial charge in [0.05, 0.1) is 0 Å². The van der Waals surface area contributed by atoms with Crippen LogP contribution < -0.4 is 0 Å². The Hall–Kier alpha value is -1.88. The van der Waals surface area contributed by atoms with Crippen molar-refractivity contribution in [2.24, 2.45) is 0 Å². The lowest BCUT2D eigenvalue weighted by Gasteiger charge is -2.41. The van der Waals surface area contributed by atoms with Crippen LogP contribution in [0.25, 0.3) is 0 Å². The van der Waals surface area contributed by atoms with Crippen molar-refractivity contribution in [3.63, 3.8) is 0 Å². The molecule has 0 spiro atoms. The maximum atomic E-state index is 12.8. The summed E-state index contributed by atoms with van der Waals surface area (Å²) < 4.78 is 242. The average Bonchev–Trinajstić information content (AvgIpc) is 2.63. The molecule has 5 nitrogen and oxygen atoms in total. The van der Waals surface area contributed by atoms with Gasteiger partial charge in [0.15, 0.2) is 0 Å². The fourth-order valence-electron chi connectivity index (χ4n) is 1.59. The molecule has 0 unspecified atom stereocenters. The SMILES string of the molecule is CCN(CC(=O)O)[SH](=O)=O.FC(F)(F)C(F)(F)C(F)(F)C(F)(F)C(F)(F)C(F)(F)C(F)(F)C(F)(F)F. The van der Waals surface area contributed by atoms with Crippen molar-refractivity contribution in [3.8, 4) is 0 Å². The summed E-state index contributed by atoms with van der Waals surface area (Å²) in [4.78, 5) is 9.96. The molecule has 0 aliphatic carbocycles. The Morgan fingerprint density at radius 3 is 0.917 bits per heavy atom. The lowest BCUT2D eigenvalue weighted by Crippen LogP contribution is -2.74. The second kappa shape index (κ2) is 10.5. The van der Waals surface area contributed by atoms with Crippen molar-refractivity contribution in [1.82, 2.24) is 4.31 Å². The molecule has 0 saturated heterocycles. The van der Waals surface area contributed by atoms with E-state index in [9.17, 15) is 92.2 Å². The van der Waals surface area contributed by atoms with Gasteiger partial charge in [-0.1, -0.05) is 6.92 Å². The van der Waals surface area contributed by atoms with Crippen molar-refractivity contribution in [3.05, 3.63) is 0 Å². The normalized spacial score (nSPS) is 15.1. The van der Waals surface area contributed by atoms with Crippen LogP contribution in [0, 0.1) is 0 Å². The Morgan fingerprint density at radius 1 is 0.583 bits per heavy atom. The number of hydrogen-bond acceptors (Lipinski definition) is 3. The number of halogens is 18. The van der Waals surface area contributed by atoms with E-state index in [0.717, 1.165) is 4.31 Å². The first-order valence-corrected chi connectivity index (χ1v) is 8.97. The zero-order valence-electron chi connectivity index (χ0n) is 16.3. The Kier molecular flexibility index (Phi) is 10.6. The molecule has 24 heteroatoms. The Bertz CT molecular complexity index is 790. The highest BCUT2D eigenvalue weighted by molar-refractivity contribution is 7.69. The number of thiol groups is 1. The summed E-state index contributed by atoms with van der Waals surface area (Å²) in [6.07, 6.45) is -15.6. The summed E-state index contributed by atoms with van der Waals surface area (Å²) in [7, 11) is -2.74. The largest absolute Gasteiger partial charge is 0.480 e. The van der Waals surface area contributed by atoms with Crippen LogP contribution in [-0.4, -0.2) is 84.8 Å². The van der Waals surface area contributed by atoms with Crippen LogP contribution in [0.3, 0.4) is 0 Å². The molecule has 0 aliphatic rings. The number of likely N-dealkylation sites (N-methyl/N-ethyl adjacent to an activating group) is 1. The first-order valence-electron chi connectivity index (χ1n) is 7.84. The Labute approximate surface area is 187 Å². The minimum Gasteiger partial charge on any atom is -0.480 e. The average molecular weight is 605 g/mol. The number of nitrogens with zero attached hydrogens (tertiary/aromatic N) is 1. The molecule has 0 amide bonds. The molecule has 0 saturated carbocycles. The predicted molar refractivity (Wildman–Crippen MR) is 77.0 cm³/mol. The number of alkyl halides is 18. The molecule has 0 radical (unpaired) electrons. The minimum atomic E-state index is -8.72. The first kappa shape index (κ1) is 36.3. The Balaban J connectivity index is 0. The zero-order chi connectivity index (χ0) is 30.1. The lowest BCUT2D eigenvalue weighted by atomic mass is 9.91. The third-order valence-electron chi connectivity index (χ3n) is 3.60. The molecular weight excluding hydrogens is 596 g/mol. The highest BCUT2D eigenvalue weighted by Crippen LogP contribution is 2.63. The molecule has 0 aliphatic heterocycles. The van der Waals surface area contributed by atoms with Crippen LogP contribution in [0.1, 0.15) is 6.92 Å². The van der Waals surface area contributed by atoms with Gasteiger partial charge in [-0.3, -0.25) is 4.79 Å². The summed E-state index contributed by atoms with van der Waals surface area (Å²) in [5.74, 6) is -52.2. The predicted octanol–water partition coefficient (Wildman–Crippen LogP) is 4.84. The summed E-state index contributed by atoms with van der Waals surface area (Å²) in [5.41, 5.74) is 0. The van der Waals surface area contributed by atoms with Gasteiger partial charge in [0.25, 0.3) is 0 Å². The summed E-state index contributed by atoms with van der Waals surface area (Å²) in [6.45, 7) is 1.33. The zero-order valence-corrected chi connectivity index (χ0v) is 17.2. The number of carbonyl (C=O) groups is 1. The number of carboxylic acid groups (broad SMARTS) is 1. The smallest absolute Gasteiger partial charge is 0.460 e. The molecule has 0 rings (SSSR count). The molecule has 0 aromatic heterocycles. The maximum absolute atomic E-state index is 12.8. The lowest BCUT2D eigenvalue weighted by molar-refractivity contribution is -0.468. The fraction of sp³-hybridized carbons (Fsp3) is 0.917. The second-order valence-corrected chi connectivity index (χ2v) is 7.10. The minimum absolute atomic E-state index is 0.199. The van der Waals surface area contributed by atoms with E-state index in [4.69, 9.17) is 5.11 Å². The molecule has 0 fully saturated rings. The van der Waals surface area contributed by atoms with Crippen LogP contribution in [0.5, 0.6) is 0 Å². The van der Waals surface area contributed by atoms with Gasteiger partial charge in [-0.15, -0.1) is 0 Å². The van der Waals surface area contributed by atoms with Gasteiger partial charge in [0.2, 0.25) is 10.9 Å². The summed E-state index contributed by atoms with van der Waals surface area (Å²) in [6, 6.07) is 0. The summed E-state index contributed by atoms with van der Waals surface area (Å²) >= 11 is 0. The molecule has 0 aromatic rings. The van der Waals surface area contributed by atoms with Gasteiger partial charge in [-0.25, -0.2) is 8.42 Å². The van der Waals surface area contributed by atoms with Crippen LogP contribution in [0.2, 0.25) is 0 Å². The van der Waals surface area contributed by atoms with Gasteiger partial charge in [0.1, 0.15) is 6.54 Å². The molecule has 0 bridgehead atoms. The van der Waals surface area contributed by atoms with E-state index < -0.39 is 71.3 Å². The van der Waals surface area contributed by atoms with Crippen molar-refractivity contribution in [2.75, 3.05) is 13.1 Å². The highest BCUT2D eigenvalue weighted by atomic mass is 32.2. The molecule has 218 valence electrons. The molecule has 0 aromatic carbocycles. The standard InChI is InChI=1S/C8F18.C4H9NO4S/c9-1(10,3(13,14)5(17,18)7(21,22)23)2(11,12)4(15,16)6(19,20)8(24,25)26;1-2-5(10(8)9)3-4(6)7/h;10H,2-3H2,1H3,(H,6,7). The van der Waals surface area contributed by atoms with Gasteiger partial charge in [0, 0.05) is 6.54 Å². The van der Waals surface area contributed by atoms with E-state index in [2.05, 4.69) is 0 Å². The fourth-order valence-corrected chi connectivity index (χ4v) is 2.05. The number of carboxylic acids is 1. The number of aliphatic carboxylic acids is 1. The van der Waals surface area contributed by atoms with Crippen molar-refractivity contribution in [1.29, 1.82) is 0 Å². The van der Waals surface area contributed by atoms with Gasteiger partial charge in [-0.05, 0) is 0 Å². The molecular formula is C12H9F18NO4S. The molecule has 36 heavy (non-hydrogen) atoms. The second-order valence-electron chi connectivity index (χ2n) is 6.05. The van der Waals surface area contributed by atoms with E-state index in [1.807, 2.05) is 0 Å². The van der Waals surface area contributed by atoms with Crippen molar-refractivity contribution >= 4 is 16.9 Å². The van der Waals surface area contributed by atoms with E-state index in [1.165, 1.54) is 0 Å². The third kappa shape index (κ3) is 6.15. The monoisotopic (exact) mass is 605 g/mol. The third-order valence-corrected chi connectivity index (χ3v) is 4.48. The summed E-state index contributed by atoms with van der Waals surface area (Å²) in [5, 5.41) is 8.15. The van der Waals surface area contributed by atoms with Crippen LogP contribution in [0.4, 0.5) is 79.0 Å². The molecule has 0 atom stereocenters. The topological polar surface area (TPSA) is 74.7 Å². The number of rotatable bonds is 9.